The predicted octanol–water partition coefficient (Wildman–Crippen LogP) is 2.08. The van der Waals surface area contributed by atoms with Gasteiger partial charge in [-0.05, 0) is 43.4 Å². The van der Waals surface area contributed by atoms with Crippen molar-refractivity contribution in [3.63, 3.8) is 0 Å². The Bertz CT molecular complexity index is 513. The first-order valence-corrected chi connectivity index (χ1v) is 7.87. The molecule has 3 rings (SSSR count). The summed E-state index contributed by atoms with van der Waals surface area (Å²) in [5, 5.41) is 0. The van der Waals surface area contributed by atoms with Gasteiger partial charge in [-0.15, -0.1) is 0 Å². The van der Waals surface area contributed by atoms with E-state index in [9.17, 15) is 4.79 Å². The third-order valence-corrected chi connectivity index (χ3v) is 5.10. The van der Waals surface area contributed by atoms with Gasteiger partial charge in [0, 0.05) is 44.3 Å². The summed E-state index contributed by atoms with van der Waals surface area (Å²) in [6.07, 6.45) is 4.29. The Hall–Kier alpha value is -1.55. The first kappa shape index (κ1) is 14.4. The summed E-state index contributed by atoms with van der Waals surface area (Å²) in [4.78, 5) is 15.7. The monoisotopic (exact) mass is 287 g/mol. The van der Waals surface area contributed by atoms with Gasteiger partial charge in [0.25, 0.3) is 0 Å². The molecule has 0 aromatic heterocycles. The molecule has 1 aliphatic heterocycles. The van der Waals surface area contributed by atoms with Crippen molar-refractivity contribution < 1.29 is 4.79 Å². The molecule has 0 atom stereocenters. The van der Waals surface area contributed by atoms with Crippen LogP contribution in [-0.2, 0) is 10.3 Å². The second kappa shape index (κ2) is 5.34. The Labute approximate surface area is 126 Å². The highest BCUT2D eigenvalue weighted by molar-refractivity contribution is 5.73. The van der Waals surface area contributed by atoms with E-state index in [1.807, 2.05) is 11.9 Å². The third kappa shape index (κ3) is 2.91. The quantitative estimate of drug-likeness (QED) is 0.926. The Kier molecular flexibility index (Phi) is 3.66. The number of benzene rings is 1. The van der Waals surface area contributed by atoms with Crippen molar-refractivity contribution >= 4 is 11.6 Å². The summed E-state index contributed by atoms with van der Waals surface area (Å²) in [6, 6.07) is 9.12. The minimum Gasteiger partial charge on any atom is -0.371 e. The number of hydrogen-bond acceptors (Lipinski definition) is 3. The molecule has 1 heterocycles. The van der Waals surface area contributed by atoms with Crippen LogP contribution < -0.4 is 10.6 Å². The maximum atomic E-state index is 11.4. The van der Waals surface area contributed by atoms with Crippen LogP contribution in [-0.4, -0.2) is 37.0 Å². The average Bonchev–Trinajstić information content (AvgIpc) is 3.26. The van der Waals surface area contributed by atoms with E-state index in [1.165, 1.54) is 11.3 Å². The molecule has 1 aromatic rings. The fourth-order valence-electron chi connectivity index (χ4n) is 3.20. The zero-order valence-corrected chi connectivity index (χ0v) is 13.0. The van der Waals surface area contributed by atoms with E-state index in [0.717, 1.165) is 38.8 Å². The first-order chi connectivity index (χ1) is 9.99. The molecule has 0 bridgehead atoms. The van der Waals surface area contributed by atoms with Gasteiger partial charge in [0.05, 0.1) is 0 Å². The van der Waals surface area contributed by atoms with E-state index in [1.54, 1.807) is 6.92 Å². The molecule has 1 saturated heterocycles. The Morgan fingerprint density at radius 1 is 1.24 bits per heavy atom. The van der Waals surface area contributed by atoms with E-state index in [2.05, 4.69) is 29.2 Å². The van der Waals surface area contributed by atoms with Gasteiger partial charge >= 0.3 is 0 Å². The average molecular weight is 287 g/mol. The number of carbonyl (C=O) groups is 1. The SMILES string of the molecule is CC(=O)N(C)C1CCN(c2ccc(C3(N)CC3)cc2)CC1. The van der Waals surface area contributed by atoms with Crippen LogP contribution in [0.25, 0.3) is 0 Å². The first-order valence-electron chi connectivity index (χ1n) is 7.87. The number of rotatable bonds is 3. The van der Waals surface area contributed by atoms with Crippen molar-refractivity contribution in [3.8, 4) is 0 Å². The van der Waals surface area contributed by atoms with E-state index in [0.29, 0.717) is 6.04 Å². The number of nitrogens with two attached hydrogens (primary N) is 1. The lowest BCUT2D eigenvalue weighted by atomic mass is 10.0. The molecule has 2 fully saturated rings. The lowest BCUT2D eigenvalue weighted by Gasteiger charge is -2.37. The van der Waals surface area contributed by atoms with Crippen molar-refractivity contribution in [2.24, 2.45) is 5.73 Å². The maximum absolute atomic E-state index is 11.4. The van der Waals surface area contributed by atoms with Crippen molar-refractivity contribution in [2.45, 2.75) is 44.2 Å². The smallest absolute Gasteiger partial charge is 0.219 e. The number of anilines is 1. The van der Waals surface area contributed by atoms with Crippen molar-refractivity contribution in [3.05, 3.63) is 29.8 Å². The van der Waals surface area contributed by atoms with Crippen LogP contribution in [0.4, 0.5) is 5.69 Å². The number of amides is 1. The number of carbonyl (C=O) groups excluding carboxylic acids is 1. The fourth-order valence-corrected chi connectivity index (χ4v) is 3.20. The number of piperidine rings is 1. The summed E-state index contributed by atoms with van der Waals surface area (Å²) in [5.41, 5.74) is 8.71. The normalized spacial score (nSPS) is 21.2. The topological polar surface area (TPSA) is 49.6 Å². The summed E-state index contributed by atoms with van der Waals surface area (Å²) < 4.78 is 0. The Morgan fingerprint density at radius 3 is 2.29 bits per heavy atom. The van der Waals surface area contributed by atoms with Crippen LogP contribution in [0.2, 0.25) is 0 Å². The number of hydrogen-bond donors (Lipinski definition) is 1. The molecule has 1 saturated carbocycles. The molecule has 2 aliphatic rings. The highest BCUT2D eigenvalue weighted by Gasteiger charge is 2.39. The summed E-state index contributed by atoms with van der Waals surface area (Å²) >= 11 is 0. The molecular weight excluding hydrogens is 262 g/mol. The van der Waals surface area contributed by atoms with Gasteiger partial charge in [0.1, 0.15) is 0 Å². The molecule has 4 nitrogen and oxygen atoms in total. The second-order valence-corrected chi connectivity index (χ2v) is 6.55. The van der Waals surface area contributed by atoms with Crippen LogP contribution in [0, 0.1) is 0 Å². The van der Waals surface area contributed by atoms with Crippen LogP contribution >= 0.6 is 0 Å². The van der Waals surface area contributed by atoms with Crippen molar-refractivity contribution in [1.29, 1.82) is 0 Å². The van der Waals surface area contributed by atoms with Gasteiger partial charge in [0.2, 0.25) is 5.91 Å². The van der Waals surface area contributed by atoms with Gasteiger partial charge < -0.3 is 15.5 Å². The Morgan fingerprint density at radius 2 is 1.81 bits per heavy atom. The molecule has 2 N–H and O–H groups in total. The maximum Gasteiger partial charge on any atom is 0.219 e. The zero-order valence-electron chi connectivity index (χ0n) is 13.0. The van der Waals surface area contributed by atoms with Crippen molar-refractivity contribution in [2.75, 3.05) is 25.0 Å². The molecule has 1 aromatic carbocycles. The van der Waals surface area contributed by atoms with E-state index in [-0.39, 0.29) is 11.4 Å². The molecule has 21 heavy (non-hydrogen) atoms. The highest BCUT2D eigenvalue weighted by atomic mass is 16.2. The molecule has 1 aliphatic carbocycles. The standard InChI is InChI=1S/C17H25N3O/c1-13(21)19(2)15-7-11-20(12-8-15)16-5-3-14(4-6-16)17(18)9-10-17/h3-6,15H,7-12,18H2,1-2H3. The molecule has 114 valence electrons. The van der Waals surface area contributed by atoms with Gasteiger partial charge in [-0.25, -0.2) is 0 Å². The van der Waals surface area contributed by atoms with Gasteiger partial charge in [-0.2, -0.15) is 0 Å². The van der Waals surface area contributed by atoms with Crippen molar-refractivity contribution in [1.82, 2.24) is 4.90 Å². The van der Waals surface area contributed by atoms with Crippen LogP contribution in [0.1, 0.15) is 38.2 Å². The summed E-state index contributed by atoms with van der Waals surface area (Å²) in [5.74, 6) is 0.162. The van der Waals surface area contributed by atoms with Crippen LogP contribution in [0.5, 0.6) is 0 Å². The molecule has 4 heteroatoms. The summed E-state index contributed by atoms with van der Waals surface area (Å²) in [7, 11) is 1.91. The third-order valence-electron chi connectivity index (χ3n) is 5.10. The van der Waals surface area contributed by atoms with Crippen LogP contribution in [0.3, 0.4) is 0 Å². The van der Waals surface area contributed by atoms with Gasteiger partial charge in [-0.1, -0.05) is 12.1 Å². The molecular formula is C17H25N3O. The molecule has 0 spiro atoms. The van der Waals surface area contributed by atoms with Gasteiger partial charge in [0.15, 0.2) is 0 Å². The largest absolute Gasteiger partial charge is 0.371 e. The number of nitrogens with zero attached hydrogens (tertiary/aromatic N) is 2. The Balaban J connectivity index is 1.60. The van der Waals surface area contributed by atoms with E-state index < -0.39 is 0 Å². The van der Waals surface area contributed by atoms with Gasteiger partial charge in [-0.3, -0.25) is 4.79 Å². The molecule has 1 amide bonds. The minimum atomic E-state index is -0.0459. The van der Waals surface area contributed by atoms with Crippen LogP contribution in [0.15, 0.2) is 24.3 Å². The molecule has 0 unspecified atom stereocenters. The lowest BCUT2D eigenvalue weighted by molar-refractivity contribution is -0.129. The van der Waals surface area contributed by atoms with E-state index >= 15 is 0 Å². The highest BCUT2D eigenvalue weighted by Crippen LogP contribution is 2.43. The predicted molar refractivity (Wildman–Crippen MR) is 85.2 cm³/mol. The second-order valence-electron chi connectivity index (χ2n) is 6.55. The zero-order chi connectivity index (χ0) is 15.0. The summed E-state index contributed by atoms with van der Waals surface area (Å²) in [6.45, 7) is 3.66. The minimum absolute atomic E-state index is 0.0459. The molecule has 0 radical (unpaired) electrons. The lowest BCUT2D eigenvalue weighted by Crippen LogP contribution is -2.45. The fraction of sp³-hybridized carbons (Fsp3) is 0.588. The van der Waals surface area contributed by atoms with E-state index in [4.69, 9.17) is 5.73 Å².